The van der Waals surface area contributed by atoms with Gasteiger partial charge >= 0.3 is 5.97 Å². The molecule has 0 spiro atoms. The second-order valence-corrected chi connectivity index (χ2v) is 7.66. The van der Waals surface area contributed by atoms with Gasteiger partial charge in [0, 0.05) is 6.07 Å². The minimum Gasteiger partial charge on any atom is -0.481 e. The molecule has 4 rings (SSSR count). The molecule has 0 saturated heterocycles. The third kappa shape index (κ3) is 3.76. The van der Waals surface area contributed by atoms with E-state index in [9.17, 15) is 14.0 Å². The fourth-order valence-electron chi connectivity index (χ4n) is 2.62. The first-order valence-electron chi connectivity index (χ1n) is 8.15. The number of esters is 1. The maximum absolute atomic E-state index is 13.1. The number of para-hydroxylation sites is 1. The van der Waals surface area contributed by atoms with E-state index in [0.29, 0.717) is 20.9 Å². The molecule has 0 unspecified atom stereocenters. The van der Waals surface area contributed by atoms with Crippen LogP contribution in [0.25, 0.3) is 15.2 Å². The summed E-state index contributed by atoms with van der Waals surface area (Å²) >= 11 is 4.54. The first-order valence-corrected chi connectivity index (χ1v) is 9.76. The summed E-state index contributed by atoms with van der Waals surface area (Å²) in [6.45, 7) is -0.499. The number of rotatable bonds is 5. The molecule has 0 amide bonds. The Morgan fingerprint density at radius 2 is 2.04 bits per heavy atom. The van der Waals surface area contributed by atoms with Crippen LogP contribution in [-0.4, -0.2) is 22.0 Å². The van der Waals surface area contributed by atoms with Crippen molar-refractivity contribution in [1.82, 2.24) is 9.38 Å². The van der Waals surface area contributed by atoms with Crippen LogP contribution in [0.2, 0.25) is 0 Å². The summed E-state index contributed by atoms with van der Waals surface area (Å²) in [5.74, 6) is -0.730. The summed E-state index contributed by atoms with van der Waals surface area (Å²) in [6, 6.07) is 12.7. The molecule has 0 N–H and O–H groups in total. The van der Waals surface area contributed by atoms with Crippen molar-refractivity contribution in [2.75, 3.05) is 6.61 Å². The lowest BCUT2D eigenvalue weighted by Crippen LogP contribution is -2.18. The number of benzene rings is 2. The molecule has 4 aromatic rings. The second kappa shape index (κ2) is 7.69. The first kappa shape index (κ1) is 18.6. The van der Waals surface area contributed by atoms with Crippen LogP contribution in [0, 0.1) is 5.82 Å². The molecule has 28 heavy (non-hydrogen) atoms. The molecule has 142 valence electrons. The van der Waals surface area contributed by atoms with Gasteiger partial charge in [0.05, 0.1) is 20.4 Å². The Morgan fingerprint density at radius 1 is 1.21 bits per heavy atom. The zero-order chi connectivity index (χ0) is 19.7. The van der Waals surface area contributed by atoms with Crippen molar-refractivity contribution in [3.8, 4) is 5.75 Å². The van der Waals surface area contributed by atoms with E-state index in [4.69, 9.17) is 9.47 Å². The zero-order valence-electron chi connectivity index (χ0n) is 14.2. The predicted octanol–water partition coefficient (Wildman–Crippen LogP) is 3.93. The van der Waals surface area contributed by atoms with E-state index in [1.54, 1.807) is 0 Å². The predicted molar refractivity (Wildman–Crippen MR) is 106 cm³/mol. The van der Waals surface area contributed by atoms with Crippen LogP contribution in [0.1, 0.15) is 5.69 Å². The maximum atomic E-state index is 13.1. The van der Waals surface area contributed by atoms with Crippen LogP contribution in [0.15, 0.2) is 57.8 Å². The van der Waals surface area contributed by atoms with Gasteiger partial charge in [0.2, 0.25) is 0 Å². The van der Waals surface area contributed by atoms with Crippen molar-refractivity contribution in [1.29, 1.82) is 0 Å². The number of halogens is 2. The standard InChI is InChI=1S/C19H12BrFN2O4S/c20-13-7-11(21)5-6-15(13)26-10-18(25)27-9-12-8-17(24)23-14-3-1-2-4-16(14)28-19(23)22-12/h1-8H,9-10H2. The molecule has 0 atom stereocenters. The molecular formula is C19H12BrFN2O4S. The van der Waals surface area contributed by atoms with Crippen molar-refractivity contribution >= 4 is 48.4 Å². The molecule has 0 aliphatic heterocycles. The number of nitrogens with zero attached hydrogens (tertiary/aromatic N) is 2. The molecule has 2 aromatic heterocycles. The molecule has 0 aliphatic rings. The highest BCUT2D eigenvalue weighted by molar-refractivity contribution is 9.10. The topological polar surface area (TPSA) is 69.9 Å². The largest absolute Gasteiger partial charge is 0.481 e. The minimum absolute atomic E-state index is 0.146. The summed E-state index contributed by atoms with van der Waals surface area (Å²) in [5.41, 5.74) is 0.912. The van der Waals surface area contributed by atoms with Crippen molar-refractivity contribution in [3.05, 3.63) is 74.9 Å². The lowest BCUT2D eigenvalue weighted by Gasteiger charge is -2.08. The Kier molecular flexibility index (Phi) is 5.10. The van der Waals surface area contributed by atoms with Crippen LogP contribution >= 0.6 is 27.3 Å². The molecule has 9 heteroatoms. The van der Waals surface area contributed by atoms with Gasteiger partial charge in [0.25, 0.3) is 5.56 Å². The number of ether oxygens (including phenoxy) is 2. The van der Waals surface area contributed by atoms with E-state index < -0.39 is 11.8 Å². The highest BCUT2D eigenvalue weighted by atomic mass is 79.9. The normalized spacial score (nSPS) is 11.1. The van der Waals surface area contributed by atoms with Gasteiger partial charge in [0.15, 0.2) is 11.6 Å². The SMILES string of the molecule is O=C(COc1ccc(F)cc1Br)OCc1cc(=O)n2c(n1)sc1ccccc12. The average molecular weight is 463 g/mol. The zero-order valence-corrected chi connectivity index (χ0v) is 16.6. The van der Waals surface area contributed by atoms with Gasteiger partial charge in [-0.15, -0.1) is 0 Å². The van der Waals surface area contributed by atoms with E-state index >= 15 is 0 Å². The lowest BCUT2D eigenvalue weighted by atomic mass is 10.3. The number of aromatic nitrogens is 2. The van der Waals surface area contributed by atoms with Crippen LogP contribution in [0.5, 0.6) is 5.75 Å². The van der Waals surface area contributed by atoms with Gasteiger partial charge < -0.3 is 9.47 Å². The fraction of sp³-hybridized carbons (Fsp3) is 0.105. The number of fused-ring (bicyclic) bond motifs is 3. The summed E-state index contributed by atoms with van der Waals surface area (Å²) in [6.07, 6.45) is 0. The molecule has 0 fully saturated rings. The Morgan fingerprint density at radius 3 is 2.86 bits per heavy atom. The van der Waals surface area contributed by atoms with Crippen molar-refractivity contribution in [2.24, 2.45) is 0 Å². The van der Waals surface area contributed by atoms with Gasteiger partial charge in [-0.2, -0.15) is 0 Å². The Balaban J connectivity index is 1.44. The van der Waals surface area contributed by atoms with E-state index in [2.05, 4.69) is 20.9 Å². The summed E-state index contributed by atoms with van der Waals surface area (Å²) in [5, 5.41) is 0. The van der Waals surface area contributed by atoms with Gasteiger partial charge in [-0.3, -0.25) is 9.20 Å². The lowest BCUT2D eigenvalue weighted by molar-refractivity contribution is -0.147. The van der Waals surface area contributed by atoms with Gasteiger partial charge in [-0.25, -0.2) is 14.2 Å². The Labute approximate surface area is 170 Å². The van der Waals surface area contributed by atoms with E-state index in [1.165, 1.54) is 40.0 Å². The van der Waals surface area contributed by atoms with Crippen molar-refractivity contribution in [3.63, 3.8) is 0 Å². The summed E-state index contributed by atoms with van der Waals surface area (Å²) in [4.78, 5) is 29.3. The quantitative estimate of drug-likeness (QED) is 0.420. The highest BCUT2D eigenvalue weighted by Gasteiger charge is 2.12. The molecule has 2 heterocycles. The number of hydrogen-bond donors (Lipinski definition) is 0. The molecule has 0 aliphatic carbocycles. The number of carbonyl (C=O) groups is 1. The van der Waals surface area contributed by atoms with Gasteiger partial charge in [-0.05, 0) is 46.3 Å². The average Bonchev–Trinajstić information content (AvgIpc) is 3.04. The van der Waals surface area contributed by atoms with Gasteiger partial charge in [0.1, 0.15) is 18.2 Å². The smallest absolute Gasteiger partial charge is 0.344 e. The highest BCUT2D eigenvalue weighted by Crippen LogP contribution is 2.25. The van der Waals surface area contributed by atoms with E-state index in [1.807, 2.05) is 24.3 Å². The third-order valence-electron chi connectivity index (χ3n) is 3.87. The molecule has 6 nitrogen and oxygen atoms in total. The summed E-state index contributed by atoms with van der Waals surface area (Å²) in [7, 11) is 0. The van der Waals surface area contributed by atoms with Crippen LogP contribution < -0.4 is 10.3 Å². The van der Waals surface area contributed by atoms with Crippen molar-refractivity contribution < 1.29 is 18.7 Å². The Bertz CT molecular complexity index is 1250. The van der Waals surface area contributed by atoms with Gasteiger partial charge in [-0.1, -0.05) is 23.5 Å². The molecular weight excluding hydrogens is 451 g/mol. The molecule has 0 saturated carbocycles. The molecule has 2 aromatic carbocycles. The first-order chi connectivity index (χ1) is 13.5. The van der Waals surface area contributed by atoms with Crippen LogP contribution in [-0.2, 0) is 16.1 Å². The van der Waals surface area contributed by atoms with Crippen LogP contribution in [0.4, 0.5) is 4.39 Å². The summed E-state index contributed by atoms with van der Waals surface area (Å²) < 4.78 is 26.4. The van der Waals surface area contributed by atoms with E-state index in [-0.39, 0.29) is 18.8 Å². The van der Waals surface area contributed by atoms with E-state index in [0.717, 1.165) is 10.2 Å². The Hall–Kier alpha value is -2.78. The number of thiazole rings is 1. The van der Waals surface area contributed by atoms with Crippen LogP contribution in [0.3, 0.4) is 0 Å². The monoisotopic (exact) mass is 462 g/mol. The number of hydrogen-bond acceptors (Lipinski definition) is 6. The third-order valence-corrected chi connectivity index (χ3v) is 5.51. The second-order valence-electron chi connectivity index (χ2n) is 5.80. The minimum atomic E-state index is -0.630. The molecule has 0 bridgehead atoms. The fourth-order valence-corrected chi connectivity index (χ4v) is 4.14. The maximum Gasteiger partial charge on any atom is 0.344 e. The molecule has 0 radical (unpaired) electrons. The number of carbonyl (C=O) groups excluding carboxylic acids is 1. The van der Waals surface area contributed by atoms with Crippen molar-refractivity contribution in [2.45, 2.75) is 6.61 Å².